The molecule has 0 radical (unpaired) electrons. The maximum atomic E-state index is 11.6. The minimum atomic E-state index is -3.82. The van der Waals surface area contributed by atoms with Gasteiger partial charge in [-0.3, -0.25) is 9.05 Å². The minimum Gasteiger partial charge on any atom is -0.302 e. The number of rotatable bonds is 16. The molecule has 0 spiro atoms. The second-order valence-corrected chi connectivity index (χ2v) is 7.12. The molecule has 0 heterocycles. The predicted octanol–water partition coefficient (Wildman–Crippen LogP) is 5.84. The van der Waals surface area contributed by atoms with E-state index in [0.29, 0.717) is 13.2 Å². The van der Waals surface area contributed by atoms with Crippen LogP contribution in [0.2, 0.25) is 0 Å². The average Bonchev–Trinajstić information content (AvgIpc) is 2.45. The Hall–Kier alpha value is 0.733. The third kappa shape index (κ3) is 18.8. The van der Waals surface area contributed by atoms with E-state index in [0.717, 1.165) is 25.7 Å². The molecule has 130 valence electrons. The molecular weight excluding hydrogens is 353 g/mol. The zero-order valence-corrected chi connectivity index (χ0v) is 18.6. The Balaban J connectivity index is 0. The zero-order valence-electron chi connectivity index (χ0n) is 14.7. The van der Waals surface area contributed by atoms with Crippen LogP contribution in [0, 0.1) is 0 Å². The molecule has 22 heavy (non-hydrogen) atoms. The van der Waals surface area contributed by atoms with Crippen molar-refractivity contribution in [1.82, 2.24) is 0 Å². The Labute approximate surface area is 150 Å². The first kappa shape index (κ1) is 25.0. The molecule has 4 nitrogen and oxygen atoms in total. The molecule has 6 heteroatoms. The van der Waals surface area contributed by atoms with E-state index in [4.69, 9.17) is 9.05 Å². The normalized spacial score (nSPS) is 11.4. The maximum Gasteiger partial charge on any atom is 0.472 e. The van der Waals surface area contributed by atoms with Crippen molar-refractivity contribution >= 4 is 7.82 Å². The van der Waals surface area contributed by atoms with Crippen molar-refractivity contribution in [3.05, 3.63) is 0 Å². The molecule has 0 fully saturated rings. The van der Waals surface area contributed by atoms with Crippen molar-refractivity contribution in [3.8, 4) is 0 Å². The van der Waals surface area contributed by atoms with Gasteiger partial charge in [-0.05, 0) is 12.8 Å². The van der Waals surface area contributed by atoms with Gasteiger partial charge in [0, 0.05) is 19.5 Å². The second-order valence-electron chi connectivity index (χ2n) is 5.67. The molecule has 0 rings (SSSR count). The van der Waals surface area contributed by atoms with Crippen molar-refractivity contribution in [2.75, 3.05) is 13.2 Å². The van der Waals surface area contributed by atoms with Crippen molar-refractivity contribution < 1.29 is 38.0 Å². The van der Waals surface area contributed by atoms with E-state index in [-0.39, 0.29) is 19.5 Å². The van der Waals surface area contributed by atoms with E-state index < -0.39 is 7.82 Å². The first-order valence-corrected chi connectivity index (χ1v) is 10.2. The minimum absolute atomic E-state index is 0. The average molecular weight is 388 g/mol. The van der Waals surface area contributed by atoms with Gasteiger partial charge in [-0.1, -0.05) is 78.1 Å². The van der Waals surface area contributed by atoms with Gasteiger partial charge in [-0.2, -0.15) is 0 Å². The molecular formula is C16H35O4PZn. The van der Waals surface area contributed by atoms with Crippen LogP contribution in [-0.2, 0) is 33.1 Å². The van der Waals surface area contributed by atoms with Crippen LogP contribution in [0.25, 0.3) is 0 Å². The molecule has 0 saturated carbocycles. The molecule has 0 aromatic heterocycles. The predicted molar refractivity (Wildman–Crippen MR) is 88.5 cm³/mol. The van der Waals surface area contributed by atoms with Crippen LogP contribution in [0.4, 0.5) is 0 Å². The summed E-state index contributed by atoms with van der Waals surface area (Å²) in [6, 6.07) is 0. The number of unbranched alkanes of at least 4 members (excludes halogenated alkanes) is 10. The van der Waals surface area contributed by atoms with Crippen molar-refractivity contribution in [1.29, 1.82) is 0 Å². The van der Waals surface area contributed by atoms with Gasteiger partial charge < -0.3 is 4.89 Å². The molecule has 1 N–H and O–H groups in total. The van der Waals surface area contributed by atoms with Crippen molar-refractivity contribution in [2.45, 2.75) is 90.9 Å². The van der Waals surface area contributed by atoms with Gasteiger partial charge in [-0.25, -0.2) is 4.57 Å². The maximum absolute atomic E-state index is 11.6. The molecule has 0 aromatic rings. The smallest absolute Gasteiger partial charge is 0.302 e. The molecule has 0 saturated heterocycles. The van der Waals surface area contributed by atoms with E-state index >= 15 is 0 Å². The van der Waals surface area contributed by atoms with Crippen LogP contribution in [0.15, 0.2) is 0 Å². The van der Waals surface area contributed by atoms with Crippen LogP contribution in [0.1, 0.15) is 90.9 Å². The number of phosphoric ester groups is 1. The fourth-order valence-electron chi connectivity index (χ4n) is 2.16. The molecule has 0 atom stereocenters. The van der Waals surface area contributed by atoms with E-state index in [9.17, 15) is 9.46 Å². The van der Waals surface area contributed by atoms with Crippen LogP contribution >= 0.6 is 7.82 Å². The number of hydrogen-bond acceptors (Lipinski definition) is 3. The SMILES string of the molecule is CCCCCCCCOP(=O)(O)OCCCCCCCC.[Zn]. The Morgan fingerprint density at radius 3 is 1.36 bits per heavy atom. The van der Waals surface area contributed by atoms with Gasteiger partial charge >= 0.3 is 7.82 Å². The summed E-state index contributed by atoms with van der Waals surface area (Å²) < 4.78 is 21.5. The first-order valence-electron chi connectivity index (χ1n) is 8.74. The van der Waals surface area contributed by atoms with Gasteiger partial charge in [-0.15, -0.1) is 0 Å². The van der Waals surface area contributed by atoms with Crippen molar-refractivity contribution in [2.24, 2.45) is 0 Å². The largest absolute Gasteiger partial charge is 0.472 e. The summed E-state index contributed by atoms with van der Waals surface area (Å²) in [5.41, 5.74) is 0. The topological polar surface area (TPSA) is 55.8 Å². The summed E-state index contributed by atoms with van der Waals surface area (Å²) >= 11 is 0. The molecule has 0 aliphatic rings. The Kier molecular flexibility index (Phi) is 20.5. The quantitative estimate of drug-likeness (QED) is 0.205. The van der Waals surface area contributed by atoms with Crippen LogP contribution in [-0.4, -0.2) is 18.1 Å². The molecule has 0 amide bonds. The third-order valence-corrected chi connectivity index (χ3v) is 4.52. The van der Waals surface area contributed by atoms with E-state index in [1.54, 1.807) is 0 Å². The Morgan fingerprint density at radius 2 is 1.00 bits per heavy atom. The summed E-state index contributed by atoms with van der Waals surface area (Å²) in [4.78, 5) is 9.51. The van der Waals surface area contributed by atoms with E-state index in [1.165, 1.54) is 51.4 Å². The third-order valence-electron chi connectivity index (χ3n) is 3.50. The fourth-order valence-corrected chi connectivity index (χ4v) is 2.96. The zero-order chi connectivity index (χ0) is 15.8. The Morgan fingerprint density at radius 1 is 0.682 bits per heavy atom. The molecule has 0 aromatic carbocycles. The van der Waals surface area contributed by atoms with E-state index in [1.807, 2.05) is 0 Å². The molecule has 0 unspecified atom stereocenters. The van der Waals surface area contributed by atoms with Crippen LogP contribution in [0.5, 0.6) is 0 Å². The second kappa shape index (κ2) is 18.1. The van der Waals surface area contributed by atoms with Crippen LogP contribution < -0.4 is 0 Å². The van der Waals surface area contributed by atoms with Gasteiger partial charge in [0.2, 0.25) is 0 Å². The fraction of sp³-hybridized carbons (Fsp3) is 1.00. The summed E-state index contributed by atoms with van der Waals surface area (Å²) in [5, 5.41) is 0. The number of phosphoric acid groups is 1. The molecule has 0 bridgehead atoms. The molecule has 0 aliphatic carbocycles. The Bertz CT molecular complexity index is 243. The summed E-state index contributed by atoms with van der Waals surface area (Å²) in [5.74, 6) is 0. The van der Waals surface area contributed by atoms with Gasteiger partial charge in [0.15, 0.2) is 0 Å². The van der Waals surface area contributed by atoms with Crippen molar-refractivity contribution in [3.63, 3.8) is 0 Å². The first-order chi connectivity index (χ1) is 10.1. The van der Waals surface area contributed by atoms with E-state index in [2.05, 4.69) is 13.8 Å². The molecule has 0 aliphatic heterocycles. The summed E-state index contributed by atoms with van der Waals surface area (Å²) in [7, 11) is -3.82. The van der Waals surface area contributed by atoms with Gasteiger partial charge in [0.25, 0.3) is 0 Å². The van der Waals surface area contributed by atoms with Gasteiger partial charge in [0.05, 0.1) is 13.2 Å². The van der Waals surface area contributed by atoms with Crippen LogP contribution in [0.3, 0.4) is 0 Å². The van der Waals surface area contributed by atoms with Gasteiger partial charge in [0.1, 0.15) is 0 Å². The summed E-state index contributed by atoms with van der Waals surface area (Å²) in [6.07, 6.45) is 13.6. The summed E-state index contributed by atoms with van der Waals surface area (Å²) in [6.45, 7) is 5.01. The standard InChI is InChI=1S/C16H35O4P.Zn/c1-3-5-7-9-11-13-15-19-21(17,18)20-16-14-12-10-8-6-4-2;/h3-16H2,1-2H3,(H,17,18);. The monoisotopic (exact) mass is 386 g/mol. The number of hydrogen-bond donors (Lipinski definition) is 1.